The van der Waals surface area contributed by atoms with Crippen LogP contribution in [-0.4, -0.2) is 75.9 Å². The van der Waals surface area contributed by atoms with E-state index in [9.17, 15) is 13.2 Å². The average Bonchev–Trinajstić information content (AvgIpc) is 2.51. The first-order valence-electron chi connectivity index (χ1n) is 8.19. The van der Waals surface area contributed by atoms with E-state index in [0.29, 0.717) is 19.6 Å². The Morgan fingerprint density at radius 2 is 1.79 bits per heavy atom. The molecule has 1 atom stereocenters. The van der Waals surface area contributed by atoms with Crippen molar-refractivity contribution in [2.45, 2.75) is 13.0 Å². The highest BCUT2D eigenvalue weighted by atomic mass is 32.2. The minimum Gasteiger partial charge on any atom is -0.353 e. The van der Waals surface area contributed by atoms with Crippen molar-refractivity contribution in [3.63, 3.8) is 0 Å². The smallest absolute Gasteiger partial charge is 0.234 e. The number of nitrogens with zero attached hydrogens (tertiary/aromatic N) is 2. The van der Waals surface area contributed by atoms with Crippen LogP contribution in [0, 0.1) is 6.92 Å². The molecule has 0 unspecified atom stereocenters. The summed E-state index contributed by atoms with van der Waals surface area (Å²) in [5.74, 6) is 0.224. The van der Waals surface area contributed by atoms with Gasteiger partial charge in [-0.1, -0.05) is 29.8 Å². The molecule has 1 aliphatic heterocycles. The zero-order valence-corrected chi connectivity index (χ0v) is 15.5. The normalized spacial score (nSPS) is 19.2. The van der Waals surface area contributed by atoms with Crippen LogP contribution in [0.4, 0.5) is 0 Å². The van der Waals surface area contributed by atoms with Gasteiger partial charge in [0.25, 0.3) is 0 Å². The Labute approximate surface area is 144 Å². The Kier molecular flexibility index (Phi) is 6.37. The molecule has 0 aromatic heterocycles. The third-order valence-electron chi connectivity index (χ3n) is 4.38. The van der Waals surface area contributed by atoms with E-state index in [4.69, 9.17) is 0 Å². The van der Waals surface area contributed by atoms with Crippen molar-refractivity contribution in [2.75, 3.05) is 51.8 Å². The van der Waals surface area contributed by atoms with Crippen LogP contribution in [0.1, 0.15) is 17.2 Å². The molecular weight excluding hydrogens is 326 g/mol. The van der Waals surface area contributed by atoms with Gasteiger partial charge < -0.3 is 10.2 Å². The van der Waals surface area contributed by atoms with Crippen LogP contribution >= 0.6 is 0 Å². The largest absolute Gasteiger partial charge is 0.353 e. The van der Waals surface area contributed by atoms with Crippen LogP contribution in [0.25, 0.3) is 0 Å². The second-order valence-corrected chi connectivity index (χ2v) is 8.93. The monoisotopic (exact) mass is 353 g/mol. The molecule has 1 N–H and O–H groups in total. The first kappa shape index (κ1) is 18.9. The van der Waals surface area contributed by atoms with Gasteiger partial charge in [-0.05, 0) is 26.6 Å². The van der Waals surface area contributed by atoms with E-state index >= 15 is 0 Å². The molecule has 24 heavy (non-hydrogen) atoms. The van der Waals surface area contributed by atoms with Gasteiger partial charge in [0, 0.05) is 19.6 Å². The molecule has 0 saturated carbocycles. The number of benzene rings is 1. The van der Waals surface area contributed by atoms with E-state index < -0.39 is 9.84 Å². The van der Waals surface area contributed by atoms with Gasteiger partial charge in [-0.15, -0.1) is 0 Å². The van der Waals surface area contributed by atoms with Crippen molar-refractivity contribution in [1.29, 1.82) is 0 Å². The number of hydrogen-bond donors (Lipinski definition) is 1. The number of amides is 1. The molecule has 1 amide bonds. The molecule has 1 fully saturated rings. The maximum Gasteiger partial charge on any atom is 0.234 e. The summed E-state index contributed by atoms with van der Waals surface area (Å²) in [7, 11) is 1.08. The van der Waals surface area contributed by atoms with Crippen LogP contribution in [0.2, 0.25) is 0 Å². The van der Waals surface area contributed by atoms with Gasteiger partial charge in [-0.2, -0.15) is 0 Å². The van der Waals surface area contributed by atoms with Crippen molar-refractivity contribution >= 4 is 15.7 Å². The van der Waals surface area contributed by atoms with E-state index in [0.717, 1.165) is 5.56 Å². The Hall–Kier alpha value is -1.44. The molecule has 134 valence electrons. The van der Waals surface area contributed by atoms with Gasteiger partial charge in [0.05, 0.1) is 24.1 Å². The first-order valence-corrected chi connectivity index (χ1v) is 10.0. The van der Waals surface area contributed by atoms with Gasteiger partial charge >= 0.3 is 0 Å². The zero-order chi connectivity index (χ0) is 17.7. The predicted molar refractivity (Wildman–Crippen MR) is 95.7 cm³/mol. The standard InChI is InChI=1S/C17H27N3O3S/c1-14-4-6-15(7-5-14)16(19(2)3)12-18-17(21)13-20-8-10-24(22,23)11-9-20/h4-7,16H,8-13H2,1-3H3,(H,18,21)/t16-/m0/s1. The van der Waals surface area contributed by atoms with E-state index in [-0.39, 0.29) is 30.0 Å². The maximum absolute atomic E-state index is 12.2. The number of rotatable bonds is 6. The summed E-state index contributed by atoms with van der Waals surface area (Å²) in [5.41, 5.74) is 2.37. The zero-order valence-electron chi connectivity index (χ0n) is 14.7. The van der Waals surface area contributed by atoms with Gasteiger partial charge in [0.15, 0.2) is 9.84 Å². The minimum absolute atomic E-state index is 0.0618. The number of sulfone groups is 1. The molecular formula is C17H27N3O3S. The van der Waals surface area contributed by atoms with Crippen molar-refractivity contribution in [2.24, 2.45) is 0 Å². The summed E-state index contributed by atoms with van der Waals surface area (Å²) in [6.45, 7) is 3.70. The molecule has 0 bridgehead atoms. The second kappa shape index (κ2) is 8.09. The quantitative estimate of drug-likeness (QED) is 0.804. The average molecular weight is 353 g/mol. The van der Waals surface area contributed by atoms with E-state index in [2.05, 4.69) is 41.4 Å². The van der Waals surface area contributed by atoms with Crippen molar-refractivity contribution in [3.8, 4) is 0 Å². The number of carbonyl (C=O) groups is 1. The molecule has 1 aliphatic rings. The fourth-order valence-electron chi connectivity index (χ4n) is 2.77. The Morgan fingerprint density at radius 3 is 2.33 bits per heavy atom. The van der Waals surface area contributed by atoms with Crippen LogP contribution < -0.4 is 5.32 Å². The molecule has 1 heterocycles. The van der Waals surface area contributed by atoms with Crippen LogP contribution in [0.3, 0.4) is 0 Å². The number of aryl methyl sites for hydroxylation is 1. The van der Waals surface area contributed by atoms with Crippen molar-refractivity contribution < 1.29 is 13.2 Å². The number of carbonyl (C=O) groups excluding carboxylic acids is 1. The van der Waals surface area contributed by atoms with E-state index in [1.807, 2.05) is 19.0 Å². The molecule has 1 aromatic carbocycles. The van der Waals surface area contributed by atoms with Gasteiger partial charge in [-0.3, -0.25) is 9.69 Å². The van der Waals surface area contributed by atoms with Gasteiger partial charge in [-0.25, -0.2) is 8.42 Å². The lowest BCUT2D eigenvalue weighted by Gasteiger charge is -2.28. The summed E-state index contributed by atoms with van der Waals surface area (Å²) in [6, 6.07) is 8.42. The lowest BCUT2D eigenvalue weighted by Crippen LogP contribution is -2.46. The van der Waals surface area contributed by atoms with Crippen LogP contribution in [0.5, 0.6) is 0 Å². The lowest BCUT2D eigenvalue weighted by atomic mass is 10.0. The van der Waals surface area contributed by atoms with Gasteiger partial charge in [0.2, 0.25) is 5.91 Å². The fourth-order valence-corrected chi connectivity index (χ4v) is 4.04. The van der Waals surface area contributed by atoms with Crippen LogP contribution in [0.15, 0.2) is 24.3 Å². The fraction of sp³-hybridized carbons (Fsp3) is 0.588. The lowest BCUT2D eigenvalue weighted by molar-refractivity contribution is -0.122. The highest BCUT2D eigenvalue weighted by Crippen LogP contribution is 2.17. The summed E-state index contributed by atoms with van der Waals surface area (Å²) >= 11 is 0. The second-order valence-electron chi connectivity index (χ2n) is 6.62. The number of likely N-dealkylation sites (N-methyl/N-ethyl adjacent to an activating group) is 1. The maximum atomic E-state index is 12.2. The predicted octanol–water partition coefficient (Wildman–Crippen LogP) is 0.444. The summed E-state index contributed by atoms with van der Waals surface area (Å²) in [5, 5.41) is 2.97. The topological polar surface area (TPSA) is 69.7 Å². The van der Waals surface area contributed by atoms with E-state index in [1.165, 1.54) is 5.56 Å². The number of nitrogens with one attached hydrogen (secondary N) is 1. The molecule has 0 aliphatic carbocycles. The molecule has 2 rings (SSSR count). The minimum atomic E-state index is -2.91. The molecule has 1 saturated heterocycles. The summed E-state index contributed by atoms with van der Waals surface area (Å²) in [6.07, 6.45) is 0. The molecule has 0 radical (unpaired) electrons. The molecule has 7 heteroatoms. The molecule has 1 aromatic rings. The third-order valence-corrected chi connectivity index (χ3v) is 5.99. The number of hydrogen-bond acceptors (Lipinski definition) is 5. The molecule has 6 nitrogen and oxygen atoms in total. The summed E-state index contributed by atoms with van der Waals surface area (Å²) < 4.78 is 22.8. The third kappa shape index (κ3) is 5.58. The Morgan fingerprint density at radius 1 is 1.21 bits per heavy atom. The Bertz CT molecular complexity index is 642. The SMILES string of the molecule is Cc1ccc([C@H](CNC(=O)CN2CCS(=O)(=O)CC2)N(C)C)cc1. The van der Waals surface area contributed by atoms with E-state index in [1.54, 1.807) is 0 Å². The van der Waals surface area contributed by atoms with Gasteiger partial charge in [0.1, 0.15) is 0 Å². The summed E-state index contributed by atoms with van der Waals surface area (Å²) in [4.78, 5) is 16.1. The molecule has 0 spiro atoms. The Balaban J connectivity index is 1.85. The van der Waals surface area contributed by atoms with Crippen LogP contribution in [-0.2, 0) is 14.6 Å². The highest BCUT2D eigenvalue weighted by Gasteiger charge is 2.23. The van der Waals surface area contributed by atoms with Crippen molar-refractivity contribution in [3.05, 3.63) is 35.4 Å². The van der Waals surface area contributed by atoms with Crippen molar-refractivity contribution in [1.82, 2.24) is 15.1 Å². The highest BCUT2D eigenvalue weighted by molar-refractivity contribution is 7.91. The first-order chi connectivity index (χ1) is 11.3.